The number of ether oxygens (including phenoxy) is 2. The van der Waals surface area contributed by atoms with Gasteiger partial charge in [0.15, 0.2) is 17.5 Å². The summed E-state index contributed by atoms with van der Waals surface area (Å²) in [5.41, 5.74) is 1.08. The monoisotopic (exact) mass is 354 g/mol. The van der Waals surface area contributed by atoms with Crippen LogP contribution in [0.4, 0.5) is 0 Å². The summed E-state index contributed by atoms with van der Waals surface area (Å²) < 4.78 is 11.4. The molecule has 1 N–H and O–H groups in total. The number of hydrogen-bond acceptors (Lipinski definition) is 4. The van der Waals surface area contributed by atoms with Gasteiger partial charge in [-0.15, -0.1) is 0 Å². The van der Waals surface area contributed by atoms with E-state index in [4.69, 9.17) is 9.47 Å². The molecule has 6 nitrogen and oxygen atoms in total. The zero-order valence-electron chi connectivity index (χ0n) is 15.4. The minimum atomic E-state index is 0.546. The van der Waals surface area contributed by atoms with Gasteiger partial charge >= 0.3 is 0 Å². The lowest BCUT2D eigenvalue weighted by Crippen LogP contribution is -2.39. The number of aliphatic imine (C=N–C) groups is 1. The van der Waals surface area contributed by atoms with E-state index in [1.54, 1.807) is 0 Å². The van der Waals surface area contributed by atoms with Gasteiger partial charge in [0.05, 0.1) is 6.61 Å². The molecule has 1 aromatic heterocycles. The van der Waals surface area contributed by atoms with E-state index in [1.807, 2.05) is 56.6 Å². The van der Waals surface area contributed by atoms with E-state index in [9.17, 15) is 0 Å². The number of likely N-dealkylation sites (tertiary alicyclic amines) is 1. The lowest BCUT2D eigenvalue weighted by molar-refractivity contribution is 0.319. The zero-order valence-corrected chi connectivity index (χ0v) is 15.4. The molecule has 0 unspecified atom stereocenters. The van der Waals surface area contributed by atoms with Gasteiger partial charge in [0.25, 0.3) is 0 Å². The molecule has 0 aliphatic carbocycles. The highest BCUT2D eigenvalue weighted by molar-refractivity contribution is 5.80. The quantitative estimate of drug-likeness (QED) is 0.636. The number of para-hydroxylation sites is 2. The summed E-state index contributed by atoms with van der Waals surface area (Å²) in [6, 6.07) is 11.5. The molecule has 3 rings (SSSR count). The molecule has 0 bridgehead atoms. The fourth-order valence-corrected chi connectivity index (χ4v) is 2.94. The van der Waals surface area contributed by atoms with Crippen LogP contribution in [0.5, 0.6) is 17.4 Å². The number of hydrogen-bond donors (Lipinski definition) is 1. The maximum absolute atomic E-state index is 5.86. The summed E-state index contributed by atoms with van der Waals surface area (Å²) in [7, 11) is 1.83. The summed E-state index contributed by atoms with van der Waals surface area (Å²) in [4.78, 5) is 11.1. The van der Waals surface area contributed by atoms with Crippen LogP contribution in [0.25, 0.3) is 0 Å². The molecule has 138 valence electrons. The third kappa shape index (κ3) is 4.65. The topological polar surface area (TPSA) is 59.0 Å². The van der Waals surface area contributed by atoms with Gasteiger partial charge in [-0.05, 0) is 37.5 Å². The van der Waals surface area contributed by atoms with Crippen LogP contribution in [0.1, 0.15) is 25.3 Å². The minimum Gasteiger partial charge on any atom is -0.490 e. The van der Waals surface area contributed by atoms with Gasteiger partial charge < -0.3 is 19.7 Å². The van der Waals surface area contributed by atoms with Crippen molar-refractivity contribution in [3.63, 3.8) is 0 Å². The standard InChI is InChI=1S/C20H26N4O2/c1-3-25-17-8-4-5-9-18(17)26-19-11-10-16(14-22-19)15-23-20(21-2)24-12-6-7-13-24/h4-5,8-11,14H,3,6-7,12-13,15H2,1-2H3,(H,21,23). The SMILES string of the molecule is CCOc1ccccc1Oc1ccc(CNC(=NC)N2CCCC2)cn1. The van der Waals surface area contributed by atoms with Gasteiger partial charge in [-0.3, -0.25) is 4.99 Å². The van der Waals surface area contributed by atoms with Crippen molar-refractivity contribution in [2.24, 2.45) is 4.99 Å². The second-order valence-electron chi connectivity index (χ2n) is 6.08. The summed E-state index contributed by atoms with van der Waals surface area (Å²) >= 11 is 0. The molecule has 1 aliphatic heterocycles. The molecule has 6 heteroatoms. The van der Waals surface area contributed by atoms with Crippen LogP contribution in [0.3, 0.4) is 0 Å². The minimum absolute atomic E-state index is 0.546. The van der Waals surface area contributed by atoms with E-state index in [0.717, 1.165) is 30.4 Å². The highest BCUT2D eigenvalue weighted by Gasteiger charge is 2.15. The Kier molecular flexibility index (Phi) is 6.30. The summed E-state index contributed by atoms with van der Waals surface area (Å²) in [5, 5.41) is 3.40. The van der Waals surface area contributed by atoms with E-state index >= 15 is 0 Å². The van der Waals surface area contributed by atoms with Crippen molar-refractivity contribution in [1.82, 2.24) is 15.2 Å². The van der Waals surface area contributed by atoms with E-state index in [2.05, 4.69) is 20.2 Å². The molecule has 1 aromatic carbocycles. The Balaban J connectivity index is 1.58. The third-order valence-corrected chi connectivity index (χ3v) is 4.23. The number of pyridine rings is 1. The first-order valence-corrected chi connectivity index (χ1v) is 9.10. The van der Waals surface area contributed by atoms with Crippen molar-refractivity contribution < 1.29 is 9.47 Å². The Labute approximate surface area is 154 Å². The van der Waals surface area contributed by atoms with E-state index in [1.165, 1.54) is 12.8 Å². The normalized spacial score (nSPS) is 14.4. The Morgan fingerprint density at radius 3 is 2.58 bits per heavy atom. The van der Waals surface area contributed by atoms with Crippen molar-refractivity contribution in [1.29, 1.82) is 0 Å². The summed E-state index contributed by atoms with van der Waals surface area (Å²) in [6.45, 7) is 5.38. The second-order valence-corrected chi connectivity index (χ2v) is 6.08. The number of nitrogens with zero attached hydrogens (tertiary/aromatic N) is 3. The molecule has 26 heavy (non-hydrogen) atoms. The van der Waals surface area contributed by atoms with Gasteiger partial charge in [0.1, 0.15) is 0 Å². The Morgan fingerprint density at radius 2 is 1.92 bits per heavy atom. The smallest absolute Gasteiger partial charge is 0.219 e. The lowest BCUT2D eigenvalue weighted by Gasteiger charge is -2.20. The summed E-state index contributed by atoms with van der Waals surface area (Å²) in [6.07, 6.45) is 4.29. The Morgan fingerprint density at radius 1 is 1.15 bits per heavy atom. The van der Waals surface area contributed by atoms with E-state index < -0.39 is 0 Å². The Bertz CT molecular complexity index is 725. The molecule has 0 saturated carbocycles. The van der Waals surface area contributed by atoms with Gasteiger partial charge in [0.2, 0.25) is 5.88 Å². The number of rotatable bonds is 6. The molecule has 0 radical (unpaired) electrons. The molecule has 2 heterocycles. The van der Waals surface area contributed by atoms with Crippen LogP contribution in [0.15, 0.2) is 47.6 Å². The molecule has 2 aromatic rings. The highest BCUT2D eigenvalue weighted by Crippen LogP contribution is 2.30. The molecule has 1 saturated heterocycles. The maximum Gasteiger partial charge on any atom is 0.219 e. The first-order valence-electron chi connectivity index (χ1n) is 9.10. The predicted octanol–water partition coefficient (Wildman–Crippen LogP) is 3.44. The van der Waals surface area contributed by atoms with Gasteiger partial charge in [-0.2, -0.15) is 0 Å². The fraction of sp³-hybridized carbons (Fsp3) is 0.400. The predicted molar refractivity (Wildman–Crippen MR) is 103 cm³/mol. The second kappa shape index (κ2) is 9.08. The molecule has 1 aliphatic rings. The molecular weight excluding hydrogens is 328 g/mol. The van der Waals surface area contributed by atoms with Crippen LogP contribution in [0, 0.1) is 0 Å². The Hall–Kier alpha value is -2.76. The maximum atomic E-state index is 5.86. The van der Waals surface area contributed by atoms with Gasteiger partial charge in [-0.1, -0.05) is 18.2 Å². The number of nitrogens with one attached hydrogen (secondary N) is 1. The molecule has 0 atom stereocenters. The largest absolute Gasteiger partial charge is 0.490 e. The van der Waals surface area contributed by atoms with Crippen molar-refractivity contribution in [3.05, 3.63) is 48.2 Å². The number of benzene rings is 1. The van der Waals surface area contributed by atoms with Crippen LogP contribution in [-0.2, 0) is 6.54 Å². The van der Waals surface area contributed by atoms with Crippen molar-refractivity contribution in [3.8, 4) is 17.4 Å². The lowest BCUT2D eigenvalue weighted by atomic mass is 10.3. The van der Waals surface area contributed by atoms with Crippen molar-refractivity contribution in [2.75, 3.05) is 26.7 Å². The number of guanidine groups is 1. The van der Waals surface area contributed by atoms with Crippen LogP contribution < -0.4 is 14.8 Å². The van der Waals surface area contributed by atoms with Crippen molar-refractivity contribution in [2.45, 2.75) is 26.3 Å². The van der Waals surface area contributed by atoms with Gasteiger partial charge in [-0.25, -0.2) is 4.98 Å². The zero-order chi connectivity index (χ0) is 18.2. The van der Waals surface area contributed by atoms with E-state index in [0.29, 0.717) is 24.8 Å². The third-order valence-electron chi connectivity index (χ3n) is 4.23. The first-order chi connectivity index (χ1) is 12.8. The van der Waals surface area contributed by atoms with Crippen molar-refractivity contribution >= 4 is 5.96 Å². The van der Waals surface area contributed by atoms with Crippen LogP contribution in [0.2, 0.25) is 0 Å². The molecular formula is C20H26N4O2. The fourth-order valence-electron chi connectivity index (χ4n) is 2.94. The first kappa shape index (κ1) is 18.0. The average molecular weight is 354 g/mol. The molecule has 0 amide bonds. The van der Waals surface area contributed by atoms with E-state index in [-0.39, 0.29) is 0 Å². The van der Waals surface area contributed by atoms with Crippen LogP contribution >= 0.6 is 0 Å². The molecule has 0 spiro atoms. The van der Waals surface area contributed by atoms with Gasteiger partial charge in [0, 0.05) is 38.9 Å². The average Bonchev–Trinajstić information content (AvgIpc) is 3.20. The molecule has 1 fully saturated rings. The van der Waals surface area contributed by atoms with Crippen LogP contribution in [-0.4, -0.2) is 42.6 Å². The highest BCUT2D eigenvalue weighted by atomic mass is 16.5. The number of aromatic nitrogens is 1. The summed E-state index contributed by atoms with van der Waals surface area (Å²) in [5.74, 6) is 2.89.